The van der Waals surface area contributed by atoms with Crippen LogP contribution >= 0.6 is 0 Å². The van der Waals surface area contributed by atoms with Gasteiger partial charge in [0.25, 0.3) is 0 Å². The fraction of sp³-hybridized carbons (Fsp3) is 0.238. The van der Waals surface area contributed by atoms with Crippen LogP contribution in [0.3, 0.4) is 0 Å². The van der Waals surface area contributed by atoms with Crippen LogP contribution < -0.4 is 15.5 Å². The molecule has 27 heavy (non-hydrogen) atoms. The molecular weight excluding hydrogens is 336 g/mol. The van der Waals surface area contributed by atoms with Gasteiger partial charge in [-0.3, -0.25) is 4.98 Å². The lowest BCUT2D eigenvalue weighted by Crippen LogP contribution is -2.44. The van der Waals surface area contributed by atoms with Crippen molar-refractivity contribution in [1.82, 2.24) is 20.6 Å². The van der Waals surface area contributed by atoms with E-state index in [0.717, 1.165) is 43.4 Å². The summed E-state index contributed by atoms with van der Waals surface area (Å²) in [4.78, 5) is 10.1. The maximum atomic E-state index is 9.66. The Balaban J connectivity index is 1.73. The number of dihydropyridines is 1. The molecule has 0 bridgehead atoms. The van der Waals surface area contributed by atoms with E-state index in [1.165, 1.54) is 0 Å². The first-order valence-electron chi connectivity index (χ1n) is 9.12. The minimum absolute atomic E-state index is 0.458. The molecule has 0 atom stereocenters. The molecule has 1 fully saturated rings. The van der Waals surface area contributed by atoms with Crippen LogP contribution in [0.5, 0.6) is 0 Å². The van der Waals surface area contributed by atoms with Gasteiger partial charge in [-0.1, -0.05) is 12.1 Å². The minimum atomic E-state index is -0.458. The van der Waals surface area contributed by atoms with Crippen LogP contribution in [0.25, 0.3) is 6.08 Å². The monoisotopic (exact) mass is 358 g/mol. The Hall–Kier alpha value is -3.30. The van der Waals surface area contributed by atoms with Gasteiger partial charge in [0, 0.05) is 38.1 Å². The lowest BCUT2D eigenvalue weighted by molar-refractivity contribution is 0.584. The Morgan fingerprint density at radius 2 is 2.00 bits per heavy atom. The minimum Gasteiger partial charge on any atom is -0.368 e. The quantitative estimate of drug-likeness (QED) is 0.781. The van der Waals surface area contributed by atoms with Gasteiger partial charge in [-0.2, -0.15) is 5.26 Å². The fourth-order valence-corrected chi connectivity index (χ4v) is 3.46. The van der Waals surface area contributed by atoms with Crippen LogP contribution in [0.1, 0.15) is 17.0 Å². The molecule has 3 N–H and O–H groups in total. The molecule has 0 aliphatic carbocycles. The second kappa shape index (κ2) is 7.52. The van der Waals surface area contributed by atoms with Gasteiger partial charge in [-0.25, -0.2) is 0 Å². The Bertz CT molecular complexity index is 898. The van der Waals surface area contributed by atoms with E-state index in [4.69, 9.17) is 0 Å². The second-order valence-corrected chi connectivity index (χ2v) is 6.65. The van der Waals surface area contributed by atoms with E-state index < -0.39 is 5.41 Å². The Morgan fingerprint density at radius 1 is 1.19 bits per heavy atom. The molecule has 0 aromatic carbocycles. The molecule has 136 valence electrons. The highest BCUT2D eigenvalue weighted by Crippen LogP contribution is 2.34. The van der Waals surface area contributed by atoms with Crippen LogP contribution in [-0.2, 0) is 5.41 Å². The highest BCUT2D eigenvalue weighted by molar-refractivity contribution is 5.61. The van der Waals surface area contributed by atoms with Crippen molar-refractivity contribution in [2.75, 3.05) is 31.1 Å². The molecule has 0 saturated carbocycles. The Morgan fingerprint density at radius 3 is 2.70 bits per heavy atom. The number of pyridine rings is 1. The summed E-state index contributed by atoms with van der Waals surface area (Å²) < 4.78 is 0. The summed E-state index contributed by atoms with van der Waals surface area (Å²) in [6, 6.07) is 10.2. The number of piperazine rings is 1. The smallest absolute Gasteiger partial charge is 0.124 e. The van der Waals surface area contributed by atoms with Gasteiger partial charge >= 0.3 is 0 Å². The van der Waals surface area contributed by atoms with Gasteiger partial charge in [0.2, 0.25) is 0 Å². The van der Waals surface area contributed by atoms with Crippen molar-refractivity contribution in [3.63, 3.8) is 0 Å². The zero-order valence-electron chi connectivity index (χ0n) is 15.0. The number of nitrogens with zero attached hydrogens (tertiary/aromatic N) is 3. The fourth-order valence-electron chi connectivity index (χ4n) is 3.46. The third-order valence-corrected chi connectivity index (χ3v) is 4.95. The largest absolute Gasteiger partial charge is 0.368 e. The molecule has 2 aliphatic rings. The van der Waals surface area contributed by atoms with E-state index >= 15 is 0 Å². The molecule has 0 spiro atoms. The molecule has 2 aromatic rings. The number of aromatic amines is 1. The normalized spacial score (nSPS) is 18.4. The van der Waals surface area contributed by atoms with E-state index in [9.17, 15) is 5.26 Å². The van der Waals surface area contributed by atoms with Crippen molar-refractivity contribution in [1.29, 1.82) is 5.26 Å². The van der Waals surface area contributed by atoms with Gasteiger partial charge in [0.15, 0.2) is 0 Å². The number of nitriles is 1. The summed E-state index contributed by atoms with van der Waals surface area (Å²) in [5, 5.41) is 16.1. The summed E-state index contributed by atoms with van der Waals surface area (Å²) in [5.41, 5.74) is 2.08. The number of allylic oxidation sites excluding steroid dienone is 3. The summed E-state index contributed by atoms with van der Waals surface area (Å²) in [7, 11) is 0. The van der Waals surface area contributed by atoms with Gasteiger partial charge in [-0.15, -0.1) is 0 Å². The number of hydrogen-bond acceptors (Lipinski definition) is 5. The predicted octanol–water partition coefficient (Wildman–Crippen LogP) is 2.27. The van der Waals surface area contributed by atoms with Crippen LogP contribution in [0.4, 0.5) is 5.82 Å². The summed E-state index contributed by atoms with van der Waals surface area (Å²) in [6.07, 6.45) is 13.9. The van der Waals surface area contributed by atoms with Gasteiger partial charge in [-0.05, 0) is 48.8 Å². The van der Waals surface area contributed by atoms with Crippen molar-refractivity contribution in [2.45, 2.75) is 5.41 Å². The summed E-state index contributed by atoms with van der Waals surface area (Å²) in [5.74, 6) is 0.903. The van der Waals surface area contributed by atoms with Crippen LogP contribution in [0, 0.1) is 11.3 Å². The van der Waals surface area contributed by atoms with E-state index in [0.29, 0.717) is 5.56 Å². The first kappa shape index (κ1) is 17.1. The Kier molecular flexibility index (Phi) is 4.77. The van der Waals surface area contributed by atoms with Crippen molar-refractivity contribution in [3.8, 4) is 6.07 Å². The van der Waals surface area contributed by atoms with Crippen LogP contribution in [-0.4, -0.2) is 36.1 Å². The first-order valence-corrected chi connectivity index (χ1v) is 9.12. The topological polar surface area (TPSA) is 79.8 Å². The second-order valence-electron chi connectivity index (χ2n) is 6.65. The average Bonchev–Trinajstić information content (AvgIpc) is 3.20. The third kappa shape index (κ3) is 3.50. The van der Waals surface area contributed by atoms with Crippen LogP contribution in [0.15, 0.2) is 61.1 Å². The number of hydrogen-bond donors (Lipinski definition) is 3. The number of rotatable bonds is 4. The molecule has 6 nitrogen and oxygen atoms in total. The van der Waals surface area contributed by atoms with Gasteiger partial charge < -0.3 is 20.5 Å². The molecule has 2 aromatic heterocycles. The molecule has 1 saturated heterocycles. The number of anilines is 1. The third-order valence-electron chi connectivity index (χ3n) is 4.95. The van der Waals surface area contributed by atoms with Crippen molar-refractivity contribution in [3.05, 3.63) is 78.0 Å². The standard InChI is InChI=1S/C21H22N6/c22-16-17-15-19(26-20(17)27-13-11-24-12-14-27)21(6-9-23-10-7-21)5-4-18-3-1-2-8-25-18/h1-10,15,23-24,26H,11-14H2/b5-4+. The van der Waals surface area contributed by atoms with Gasteiger partial charge in [0.05, 0.1) is 16.7 Å². The molecule has 2 aliphatic heterocycles. The lowest BCUT2D eigenvalue weighted by atomic mass is 9.82. The summed E-state index contributed by atoms with van der Waals surface area (Å²) >= 11 is 0. The van der Waals surface area contributed by atoms with Gasteiger partial charge in [0.1, 0.15) is 11.9 Å². The summed E-state index contributed by atoms with van der Waals surface area (Å²) in [6.45, 7) is 3.62. The van der Waals surface area contributed by atoms with Crippen LogP contribution in [0.2, 0.25) is 0 Å². The van der Waals surface area contributed by atoms with E-state index in [2.05, 4.69) is 49.8 Å². The number of nitrogens with one attached hydrogen (secondary N) is 3. The number of H-pyrrole nitrogens is 1. The number of aromatic nitrogens is 2. The Labute approximate surface area is 158 Å². The molecule has 0 amide bonds. The van der Waals surface area contributed by atoms with Crippen molar-refractivity contribution >= 4 is 11.9 Å². The highest BCUT2D eigenvalue weighted by atomic mass is 15.2. The first-order chi connectivity index (χ1) is 13.3. The zero-order valence-corrected chi connectivity index (χ0v) is 15.0. The SMILES string of the molecule is N#Cc1cc(C2(/C=C/c3ccccn3)C=CNC=C2)[nH]c1N1CCNCC1. The highest BCUT2D eigenvalue weighted by Gasteiger charge is 2.29. The lowest BCUT2D eigenvalue weighted by Gasteiger charge is -2.29. The molecule has 4 rings (SSSR count). The molecule has 0 radical (unpaired) electrons. The van der Waals surface area contributed by atoms with E-state index in [1.54, 1.807) is 6.20 Å². The van der Waals surface area contributed by atoms with E-state index in [-0.39, 0.29) is 0 Å². The molecular formula is C21H22N6. The van der Waals surface area contributed by atoms with Crippen molar-refractivity contribution in [2.24, 2.45) is 0 Å². The molecule has 4 heterocycles. The maximum Gasteiger partial charge on any atom is 0.124 e. The van der Waals surface area contributed by atoms with E-state index in [1.807, 2.05) is 42.7 Å². The zero-order chi connectivity index (χ0) is 18.5. The molecule has 0 unspecified atom stereocenters. The molecule has 6 heteroatoms. The predicted molar refractivity (Wildman–Crippen MR) is 107 cm³/mol. The maximum absolute atomic E-state index is 9.66. The average molecular weight is 358 g/mol. The van der Waals surface area contributed by atoms with Crippen molar-refractivity contribution < 1.29 is 0 Å².